The highest BCUT2D eigenvalue weighted by atomic mass is 19.3. The van der Waals surface area contributed by atoms with E-state index in [0.29, 0.717) is 26.1 Å². The molecule has 0 aliphatic carbocycles. The van der Waals surface area contributed by atoms with Gasteiger partial charge in [-0.15, -0.1) is 0 Å². The van der Waals surface area contributed by atoms with Crippen LogP contribution in [0.3, 0.4) is 0 Å². The second-order valence-corrected chi connectivity index (χ2v) is 3.61. The number of likely N-dealkylation sites (tertiary alicyclic amines) is 1. The van der Waals surface area contributed by atoms with E-state index in [1.807, 2.05) is 0 Å². The maximum atomic E-state index is 11.7. The van der Waals surface area contributed by atoms with Crippen LogP contribution in [-0.2, 0) is 9.53 Å². The molecule has 15 heavy (non-hydrogen) atoms. The van der Waals surface area contributed by atoms with Gasteiger partial charge >= 0.3 is 0 Å². The number of hydrogen-bond acceptors (Lipinski definition) is 3. The van der Waals surface area contributed by atoms with Crippen LogP contribution in [0.25, 0.3) is 0 Å². The highest BCUT2D eigenvalue weighted by molar-refractivity contribution is 5.78. The van der Waals surface area contributed by atoms with Gasteiger partial charge in [0.2, 0.25) is 5.91 Å². The van der Waals surface area contributed by atoms with Gasteiger partial charge in [-0.25, -0.2) is 8.78 Å². The fourth-order valence-corrected chi connectivity index (χ4v) is 1.58. The minimum absolute atomic E-state index is 0.0334. The number of rotatable bonds is 6. The second-order valence-electron chi connectivity index (χ2n) is 3.61. The smallest absolute Gasteiger partial charge is 0.261 e. The van der Waals surface area contributed by atoms with E-state index >= 15 is 0 Å². The van der Waals surface area contributed by atoms with Crippen LogP contribution in [0, 0.1) is 5.92 Å². The quantitative estimate of drug-likeness (QED) is 0.647. The first-order valence-electron chi connectivity index (χ1n) is 4.97. The van der Waals surface area contributed by atoms with Crippen molar-refractivity contribution in [2.45, 2.75) is 12.8 Å². The highest BCUT2D eigenvalue weighted by Gasteiger charge is 2.27. The lowest BCUT2D eigenvalue weighted by molar-refractivity contribution is -0.128. The van der Waals surface area contributed by atoms with E-state index in [-0.39, 0.29) is 18.4 Å². The number of alkyl halides is 2. The molecule has 4 nitrogen and oxygen atoms in total. The van der Waals surface area contributed by atoms with Crippen LogP contribution in [0.1, 0.15) is 6.42 Å². The van der Waals surface area contributed by atoms with Gasteiger partial charge in [-0.2, -0.15) is 0 Å². The van der Waals surface area contributed by atoms with Gasteiger partial charge in [0.15, 0.2) is 0 Å². The monoisotopic (exact) mass is 222 g/mol. The van der Waals surface area contributed by atoms with Crippen LogP contribution in [-0.4, -0.2) is 50.1 Å². The third kappa shape index (κ3) is 4.09. The number of amides is 1. The first-order valence-corrected chi connectivity index (χ1v) is 4.97. The van der Waals surface area contributed by atoms with E-state index in [0.717, 1.165) is 0 Å². The molecule has 1 atom stereocenters. The van der Waals surface area contributed by atoms with Crippen molar-refractivity contribution in [3.63, 3.8) is 0 Å². The van der Waals surface area contributed by atoms with Crippen molar-refractivity contribution in [3.8, 4) is 0 Å². The molecule has 6 heteroatoms. The maximum absolute atomic E-state index is 11.7. The molecular formula is C9H16F2N2O2. The molecule has 0 spiro atoms. The molecule has 2 N–H and O–H groups in total. The van der Waals surface area contributed by atoms with Gasteiger partial charge in [0.05, 0.1) is 6.61 Å². The molecule has 1 amide bonds. The Balaban J connectivity index is 2.14. The van der Waals surface area contributed by atoms with Crippen LogP contribution < -0.4 is 5.73 Å². The lowest BCUT2D eigenvalue weighted by Gasteiger charge is -2.16. The average molecular weight is 222 g/mol. The molecule has 1 rings (SSSR count). The van der Waals surface area contributed by atoms with Crippen molar-refractivity contribution in [1.82, 2.24) is 4.90 Å². The lowest BCUT2D eigenvalue weighted by atomic mass is 10.1. The number of carbonyl (C=O) groups is 1. The highest BCUT2D eigenvalue weighted by Crippen LogP contribution is 2.15. The summed E-state index contributed by atoms with van der Waals surface area (Å²) < 4.78 is 28.1. The van der Waals surface area contributed by atoms with Crippen LogP contribution in [0.4, 0.5) is 8.78 Å². The largest absolute Gasteiger partial charge is 0.374 e. The van der Waals surface area contributed by atoms with E-state index in [2.05, 4.69) is 0 Å². The number of hydrogen-bond donors (Lipinski definition) is 1. The second kappa shape index (κ2) is 5.97. The first kappa shape index (κ1) is 12.3. The summed E-state index contributed by atoms with van der Waals surface area (Å²) in [5, 5.41) is 0. The van der Waals surface area contributed by atoms with Crippen molar-refractivity contribution in [2.24, 2.45) is 11.7 Å². The molecule has 1 fully saturated rings. The van der Waals surface area contributed by atoms with Gasteiger partial charge in [0.1, 0.15) is 6.61 Å². The van der Waals surface area contributed by atoms with Gasteiger partial charge in [0, 0.05) is 19.5 Å². The molecule has 1 unspecified atom stereocenters. The Labute approximate surface area is 87.4 Å². The normalized spacial score (nSPS) is 21.7. The molecule has 0 saturated carbocycles. The van der Waals surface area contributed by atoms with Crippen LogP contribution in [0.15, 0.2) is 0 Å². The summed E-state index contributed by atoms with van der Waals surface area (Å²) in [4.78, 5) is 13.0. The molecule has 88 valence electrons. The Morgan fingerprint density at radius 2 is 2.33 bits per heavy atom. The standard InChI is InChI=1S/C9H16F2N2O2/c10-8(11)6-15-2-1-13-5-7(4-12)3-9(13)14/h7-8H,1-6,12H2. The summed E-state index contributed by atoms with van der Waals surface area (Å²) in [6.45, 7) is 1.07. The third-order valence-electron chi connectivity index (χ3n) is 2.38. The fraction of sp³-hybridized carbons (Fsp3) is 0.889. The molecule has 0 aromatic heterocycles. The Morgan fingerprint density at radius 1 is 1.60 bits per heavy atom. The molecule has 1 aliphatic rings. The number of carbonyl (C=O) groups excluding carboxylic acids is 1. The SMILES string of the molecule is NCC1CC(=O)N(CCOCC(F)F)C1. The summed E-state index contributed by atoms with van der Waals surface area (Å²) in [7, 11) is 0. The van der Waals surface area contributed by atoms with E-state index in [9.17, 15) is 13.6 Å². The minimum atomic E-state index is -2.45. The molecule has 0 aromatic carbocycles. The summed E-state index contributed by atoms with van der Waals surface area (Å²) in [5.41, 5.74) is 5.44. The fourth-order valence-electron chi connectivity index (χ4n) is 1.58. The van der Waals surface area contributed by atoms with Crippen molar-refractivity contribution in [2.75, 3.05) is 32.8 Å². The molecule has 1 saturated heterocycles. The van der Waals surface area contributed by atoms with Gasteiger partial charge in [-0.3, -0.25) is 4.79 Å². The van der Waals surface area contributed by atoms with Crippen molar-refractivity contribution in [1.29, 1.82) is 0 Å². The molecule has 1 heterocycles. The minimum Gasteiger partial charge on any atom is -0.374 e. The van der Waals surface area contributed by atoms with E-state index < -0.39 is 13.0 Å². The Kier molecular flexibility index (Phi) is 4.90. The van der Waals surface area contributed by atoms with Gasteiger partial charge in [-0.1, -0.05) is 0 Å². The van der Waals surface area contributed by atoms with E-state index in [4.69, 9.17) is 10.5 Å². The zero-order chi connectivity index (χ0) is 11.3. The van der Waals surface area contributed by atoms with Gasteiger partial charge in [0.25, 0.3) is 6.43 Å². The number of halogens is 2. The zero-order valence-electron chi connectivity index (χ0n) is 8.49. The molecular weight excluding hydrogens is 206 g/mol. The van der Waals surface area contributed by atoms with Crippen LogP contribution >= 0.6 is 0 Å². The summed E-state index contributed by atoms with van der Waals surface area (Å²) in [6.07, 6.45) is -1.98. The van der Waals surface area contributed by atoms with Crippen LogP contribution in [0.5, 0.6) is 0 Å². The topological polar surface area (TPSA) is 55.6 Å². The predicted molar refractivity (Wildman–Crippen MR) is 50.6 cm³/mol. The zero-order valence-corrected chi connectivity index (χ0v) is 8.49. The number of nitrogens with two attached hydrogens (primary N) is 1. The van der Waals surface area contributed by atoms with E-state index in [1.54, 1.807) is 4.90 Å². The molecule has 0 aromatic rings. The number of nitrogens with zero attached hydrogens (tertiary/aromatic N) is 1. The van der Waals surface area contributed by atoms with Crippen molar-refractivity contribution < 1.29 is 18.3 Å². The van der Waals surface area contributed by atoms with Crippen molar-refractivity contribution in [3.05, 3.63) is 0 Å². The van der Waals surface area contributed by atoms with Gasteiger partial charge in [-0.05, 0) is 12.5 Å². The molecule has 1 aliphatic heterocycles. The van der Waals surface area contributed by atoms with Crippen LogP contribution in [0.2, 0.25) is 0 Å². The lowest BCUT2D eigenvalue weighted by Crippen LogP contribution is -2.30. The van der Waals surface area contributed by atoms with Gasteiger partial charge < -0.3 is 15.4 Å². The summed E-state index contributed by atoms with van der Waals surface area (Å²) in [5.74, 6) is 0.235. The number of ether oxygens (including phenoxy) is 1. The predicted octanol–water partition coefficient (Wildman–Crippen LogP) is 0.0753. The molecule has 0 bridgehead atoms. The molecule has 0 radical (unpaired) electrons. The Hall–Kier alpha value is -0.750. The summed E-state index contributed by atoms with van der Waals surface area (Å²) >= 11 is 0. The maximum Gasteiger partial charge on any atom is 0.261 e. The van der Waals surface area contributed by atoms with Crippen molar-refractivity contribution >= 4 is 5.91 Å². The first-order chi connectivity index (χ1) is 7.13. The summed E-state index contributed by atoms with van der Waals surface area (Å²) in [6, 6.07) is 0. The third-order valence-corrected chi connectivity index (χ3v) is 2.38. The Bertz CT molecular complexity index is 214. The average Bonchev–Trinajstić information content (AvgIpc) is 2.54. The van der Waals surface area contributed by atoms with E-state index in [1.165, 1.54) is 0 Å². The Morgan fingerprint density at radius 3 is 2.87 bits per heavy atom.